The summed E-state index contributed by atoms with van der Waals surface area (Å²) in [4.78, 5) is 13.1. The van der Waals surface area contributed by atoms with Gasteiger partial charge in [0.1, 0.15) is 0 Å². The second kappa shape index (κ2) is 3.21. The fraction of sp³-hybridized carbons (Fsp3) is 0.167. The Morgan fingerprint density at radius 3 is 2.90 bits per heavy atom. The normalized spacial score (nSPS) is 9.80. The van der Waals surface area contributed by atoms with Gasteiger partial charge in [0.15, 0.2) is 0 Å². The van der Waals surface area contributed by atoms with Gasteiger partial charge in [-0.25, -0.2) is 0 Å². The molecule has 0 amide bonds. The zero-order valence-corrected chi connectivity index (χ0v) is 7.37. The SMILES string of the molecule is O=c1cc(CBr)c(Cl)c[nH]1. The molecule has 10 heavy (non-hydrogen) atoms. The predicted molar refractivity (Wildman–Crippen MR) is 44.7 cm³/mol. The fourth-order valence-corrected chi connectivity index (χ4v) is 1.40. The number of hydrogen-bond acceptors (Lipinski definition) is 1. The number of alkyl halides is 1. The molecule has 54 valence electrons. The molecule has 1 heterocycles. The molecule has 0 radical (unpaired) electrons. The third-order valence-electron chi connectivity index (χ3n) is 1.10. The smallest absolute Gasteiger partial charge is 0.248 e. The quantitative estimate of drug-likeness (QED) is 0.724. The maximum absolute atomic E-state index is 10.7. The lowest BCUT2D eigenvalue weighted by Crippen LogP contribution is -2.03. The zero-order chi connectivity index (χ0) is 7.56. The van der Waals surface area contributed by atoms with Crippen molar-refractivity contribution in [3.8, 4) is 0 Å². The van der Waals surface area contributed by atoms with E-state index in [1.807, 2.05) is 0 Å². The molecular formula is C6H5BrClNO. The molecule has 0 atom stereocenters. The van der Waals surface area contributed by atoms with E-state index >= 15 is 0 Å². The van der Waals surface area contributed by atoms with Crippen molar-refractivity contribution < 1.29 is 0 Å². The van der Waals surface area contributed by atoms with E-state index in [4.69, 9.17) is 11.6 Å². The predicted octanol–water partition coefficient (Wildman–Crippen LogP) is 1.92. The first-order valence-electron chi connectivity index (χ1n) is 2.67. The zero-order valence-electron chi connectivity index (χ0n) is 5.03. The molecule has 0 aromatic carbocycles. The van der Waals surface area contributed by atoms with E-state index in [9.17, 15) is 4.79 Å². The van der Waals surface area contributed by atoms with Gasteiger partial charge in [-0.15, -0.1) is 0 Å². The van der Waals surface area contributed by atoms with Crippen LogP contribution in [0.5, 0.6) is 0 Å². The molecule has 0 aliphatic rings. The minimum atomic E-state index is -0.126. The molecule has 0 fully saturated rings. The summed E-state index contributed by atoms with van der Waals surface area (Å²) in [7, 11) is 0. The summed E-state index contributed by atoms with van der Waals surface area (Å²) in [6.07, 6.45) is 1.49. The Kier molecular flexibility index (Phi) is 2.51. The molecule has 0 spiro atoms. The number of pyridine rings is 1. The number of rotatable bonds is 1. The molecule has 1 rings (SSSR count). The third-order valence-corrected chi connectivity index (χ3v) is 2.05. The molecule has 0 saturated heterocycles. The molecule has 1 aromatic heterocycles. The Bertz CT molecular complexity index is 283. The maximum Gasteiger partial charge on any atom is 0.248 e. The molecule has 0 bridgehead atoms. The molecule has 0 saturated carbocycles. The number of aromatic nitrogens is 1. The Labute approximate surface area is 71.3 Å². The summed E-state index contributed by atoms with van der Waals surface area (Å²) in [6.45, 7) is 0. The largest absolute Gasteiger partial charge is 0.328 e. The molecule has 0 aliphatic carbocycles. The summed E-state index contributed by atoms with van der Waals surface area (Å²) in [5, 5.41) is 1.19. The van der Waals surface area contributed by atoms with E-state index in [1.165, 1.54) is 12.3 Å². The Morgan fingerprint density at radius 2 is 2.40 bits per heavy atom. The van der Waals surface area contributed by atoms with Crippen molar-refractivity contribution in [1.29, 1.82) is 0 Å². The first-order chi connectivity index (χ1) is 4.74. The fourth-order valence-electron chi connectivity index (χ4n) is 0.598. The van der Waals surface area contributed by atoms with Crippen LogP contribution in [0.1, 0.15) is 5.56 Å². The highest BCUT2D eigenvalue weighted by Gasteiger charge is 1.96. The lowest BCUT2D eigenvalue weighted by Gasteiger charge is -1.95. The summed E-state index contributed by atoms with van der Waals surface area (Å²) >= 11 is 8.90. The van der Waals surface area contributed by atoms with Crippen LogP contribution in [0.25, 0.3) is 0 Å². The minimum Gasteiger partial charge on any atom is -0.328 e. The van der Waals surface area contributed by atoms with Gasteiger partial charge in [-0.3, -0.25) is 4.79 Å². The van der Waals surface area contributed by atoms with Crippen LogP contribution in [-0.4, -0.2) is 4.98 Å². The molecule has 1 N–H and O–H groups in total. The van der Waals surface area contributed by atoms with E-state index in [-0.39, 0.29) is 5.56 Å². The third kappa shape index (κ3) is 1.61. The van der Waals surface area contributed by atoms with Crippen molar-refractivity contribution in [3.63, 3.8) is 0 Å². The highest BCUT2D eigenvalue weighted by molar-refractivity contribution is 9.08. The van der Waals surface area contributed by atoms with Crippen molar-refractivity contribution in [2.45, 2.75) is 5.33 Å². The summed E-state index contributed by atoms with van der Waals surface area (Å²) in [5.74, 6) is 0. The monoisotopic (exact) mass is 221 g/mol. The lowest BCUT2D eigenvalue weighted by atomic mass is 10.3. The van der Waals surface area contributed by atoms with Crippen LogP contribution in [0.4, 0.5) is 0 Å². The molecule has 4 heteroatoms. The van der Waals surface area contributed by atoms with E-state index < -0.39 is 0 Å². The average Bonchev–Trinajstić information content (AvgIpc) is 1.94. The minimum absolute atomic E-state index is 0.126. The highest BCUT2D eigenvalue weighted by Crippen LogP contribution is 2.14. The topological polar surface area (TPSA) is 32.9 Å². The van der Waals surface area contributed by atoms with Crippen molar-refractivity contribution >= 4 is 27.5 Å². The van der Waals surface area contributed by atoms with Crippen LogP contribution < -0.4 is 5.56 Å². The van der Waals surface area contributed by atoms with Gasteiger partial charge >= 0.3 is 0 Å². The van der Waals surface area contributed by atoms with Crippen LogP contribution >= 0.6 is 27.5 Å². The summed E-state index contributed by atoms with van der Waals surface area (Å²) in [5.41, 5.74) is 0.685. The van der Waals surface area contributed by atoms with Crippen molar-refractivity contribution in [1.82, 2.24) is 4.98 Å². The van der Waals surface area contributed by atoms with Gasteiger partial charge < -0.3 is 4.98 Å². The number of hydrogen-bond donors (Lipinski definition) is 1. The Hall–Kier alpha value is -0.280. The van der Waals surface area contributed by atoms with Crippen LogP contribution in [0, 0.1) is 0 Å². The standard InChI is InChI=1S/C6H5BrClNO/c7-2-4-1-6(10)9-3-5(4)8/h1,3H,2H2,(H,9,10). The molecule has 0 aliphatic heterocycles. The second-order valence-corrected chi connectivity index (χ2v) is 2.77. The van der Waals surface area contributed by atoms with E-state index in [2.05, 4.69) is 20.9 Å². The molecule has 1 aromatic rings. The van der Waals surface area contributed by atoms with Gasteiger partial charge in [0, 0.05) is 17.6 Å². The summed E-state index contributed by atoms with van der Waals surface area (Å²) in [6, 6.07) is 1.47. The Balaban J connectivity index is 3.22. The Morgan fingerprint density at radius 1 is 1.70 bits per heavy atom. The van der Waals surface area contributed by atoms with Gasteiger partial charge in [0.05, 0.1) is 5.02 Å². The number of aromatic amines is 1. The molecular weight excluding hydrogens is 217 g/mol. The van der Waals surface area contributed by atoms with Crippen molar-refractivity contribution in [2.75, 3.05) is 0 Å². The second-order valence-electron chi connectivity index (χ2n) is 1.80. The molecule has 2 nitrogen and oxygen atoms in total. The first-order valence-corrected chi connectivity index (χ1v) is 4.17. The average molecular weight is 222 g/mol. The van der Waals surface area contributed by atoms with Gasteiger partial charge in [-0.05, 0) is 5.56 Å². The summed E-state index contributed by atoms with van der Waals surface area (Å²) < 4.78 is 0. The van der Waals surface area contributed by atoms with Crippen molar-refractivity contribution in [3.05, 3.63) is 33.2 Å². The van der Waals surface area contributed by atoms with Crippen LogP contribution in [0.2, 0.25) is 5.02 Å². The number of halogens is 2. The van der Waals surface area contributed by atoms with Gasteiger partial charge in [0.25, 0.3) is 0 Å². The number of H-pyrrole nitrogens is 1. The van der Waals surface area contributed by atoms with Crippen LogP contribution in [0.3, 0.4) is 0 Å². The first kappa shape index (κ1) is 7.82. The van der Waals surface area contributed by atoms with Crippen molar-refractivity contribution in [2.24, 2.45) is 0 Å². The number of nitrogens with one attached hydrogen (secondary N) is 1. The van der Waals surface area contributed by atoms with E-state index in [1.54, 1.807) is 0 Å². The lowest BCUT2D eigenvalue weighted by molar-refractivity contribution is 1.20. The van der Waals surface area contributed by atoms with E-state index in [0.717, 1.165) is 5.56 Å². The highest BCUT2D eigenvalue weighted by atomic mass is 79.9. The van der Waals surface area contributed by atoms with Crippen LogP contribution in [-0.2, 0) is 5.33 Å². The van der Waals surface area contributed by atoms with Gasteiger partial charge in [-0.2, -0.15) is 0 Å². The molecule has 0 unspecified atom stereocenters. The van der Waals surface area contributed by atoms with E-state index in [0.29, 0.717) is 10.4 Å². The van der Waals surface area contributed by atoms with Crippen LogP contribution in [0.15, 0.2) is 17.1 Å². The van der Waals surface area contributed by atoms with Gasteiger partial charge in [0.2, 0.25) is 5.56 Å². The maximum atomic E-state index is 10.7. The van der Waals surface area contributed by atoms with Gasteiger partial charge in [-0.1, -0.05) is 27.5 Å².